The minimum Gasteiger partial charge on any atom is -0.462 e. The molecule has 0 spiro atoms. The van der Waals surface area contributed by atoms with Gasteiger partial charge in [-0.3, -0.25) is 4.79 Å². The molecule has 4 nitrogen and oxygen atoms in total. The van der Waals surface area contributed by atoms with Crippen molar-refractivity contribution < 1.29 is 14.3 Å². The van der Waals surface area contributed by atoms with Gasteiger partial charge >= 0.3 is 5.97 Å². The maximum atomic E-state index is 11.7. The van der Waals surface area contributed by atoms with E-state index in [1.807, 2.05) is 19.1 Å². The zero-order valence-electron chi connectivity index (χ0n) is 11.3. The van der Waals surface area contributed by atoms with Crippen LogP contribution in [0, 0.1) is 0 Å². The summed E-state index contributed by atoms with van der Waals surface area (Å²) >= 11 is 0. The van der Waals surface area contributed by atoms with E-state index in [9.17, 15) is 9.59 Å². The lowest BCUT2D eigenvalue weighted by Crippen LogP contribution is -2.37. The van der Waals surface area contributed by atoms with Gasteiger partial charge in [0, 0.05) is 6.92 Å². The molecule has 0 aromatic heterocycles. The second-order valence-corrected chi connectivity index (χ2v) is 4.48. The molecule has 1 aromatic carbocycles. The van der Waals surface area contributed by atoms with Gasteiger partial charge in [-0.15, -0.1) is 0 Å². The Bertz CT molecular complexity index is 548. The molecule has 0 bridgehead atoms. The van der Waals surface area contributed by atoms with E-state index in [-0.39, 0.29) is 17.9 Å². The number of hydrogen-bond donors (Lipinski definition) is 0. The van der Waals surface area contributed by atoms with Crippen molar-refractivity contribution >= 4 is 23.6 Å². The van der Waals surface area contributed by atoms with Crippen molar-refractivity contribution in [3.8, 4) is 0 Å². The van der Waals surface area contributed by atoms with Crippen molar-refractivity contribution in [2.75, 3.05) is 11.5 Å². The number of hydrogen-bond acceptors (Lipinski definition) is 3. The van der Waals surface area contributed by atoms with Crippen molar-refractivity contribution in [3.05, 3.63) is 35.4 Å². The minimum atomic E-state index is -0.341. The maximum Gasteiger partial charge on any atom is 0.338 e. The van der Waals surface area contributed by atoms with E-state index >= 15 is 0 Å². The first-order valence-corrected chi connectivity index (χ1v) is 6.33. The van der Waals surface area contributed by atoms with E-state index in [0.29, 0.717) is 12.2 Å². The number of anilines is 1. The maximum absolute atomic E-state index is 11.7. The first-order valence-electron chi connectivity index (χ1n) is 6.33. The molecule has 2 rings (SSSR count). The van der Waals surface area contributed by atoms with E-state index in [2.05, 4.69) is 0 Å². The summed E-state index contributed by atoms with van der Waals surface area (Å²) in [5, 5.41) is 0. The van der Waals surface area contributed by atoms with Crippen LogP contribution in [0.2, 0.25) is 0 Å². The first-order chi connectivity index (χ1) is 9.04. The number of nitrogens with zero attached hydrogens (tertiary/aromatic N) is 1. The van der Waals surface area contributed by atoms with Gasteiger partial charge in [-0.25, -0.2) is 4.79 Å². The Labute approximate surface area is 112 Å². The van der Waals surface area contributed by atoms with Gasteiger partial charge in [0.15, 0.2) is 0 Å². The molecule has 0 saturated heterocycles. The summed E-state index contributed by atoms with van der Waals surface area (Å²) in [7, 11) is 0. The molecule has 1 atom stereocenters. The monoisotopic (exact) mass is 259 g/mol. The van der Waals surface area contributed by atoms with Crippen LogP contribution in [-0.4, -0.2) is 24.5 Å². The summed E-state index contributed by atoms with van der Waals surface area (Å²) in [5.74, 6) is -0.353. The van der Waals surface area contributed by atoms with E-state index in [1.165, 1.54) is 0 Å². The summed E-state index contributed by atoms with van der Waals surface area (Å²) in [5.41, 5.74) is 2.19. The zero-order chi connectivity index (χ0) is 14.0. The molecule has 0 saturated carbocycles. The van der Waals surface area contributed by atoms with Crippen LogP contribution >= 0.6 is 0 Å². The van der Waals surface area contributed by atoms with Crippen LogP contribution in [0.3, 0.4) is 0 Å². The highest BCUT2D eigenvalue weighted by atomic mass is 16.5. The average Bonchev–Trinajstić information content (AvgIpc) is 2.37. The largest absolute Gasteiger partial charge is 0.462 e. The standard InChI is InChI=1S/C15H17NO3/c1-4-19-15(18)13-7-8-14-12(9-13)6-5-10(2)16(14)11(3)17/h5-10H,4H2,1-3H3/t10-/m0/s1. The zero-order valence-corrected chi connectivity index (χ0v) is 11.3. The van der Waals surface area contributed by atoms with Crippen molar-refractivity contribution in [2.45, 2.75) is 26.8 Å². The van der Waals surface area contributed by atoms with Gasteiger partial charge in [0.25, 0.3) is 0 Å². The number of benzene rings is 1. The number of carbonyl (C=O) groups is 2. The second kappa shape index (κ2) is 5.26. The number of ether oxygens (including phenoxy) is 1. The van der Waals surface area contributed by atoms with Crippen LogP contribution in [0.5, 0.6) is 0 Å². The summed E-state index contributed by atoms with van der Waals surface area (Å²) in [6.45, 7) is 5.62. The summed E-state index contributed by atoms with van der Waals surface area (Å²) in [6.07, 6.45) is 3.88. The number of rotatable bonds is 2. The molecule has 0 fully saturated rings. The fraction of sp³-hybridized carbons (Fsp3) is 0.333. The molecule has 1 amide bonds. The molecule has 0 N–H and O–H groups in total. The van der Waals surface area contributed by atoms with Crippen molar-refractivity contribution in [2.24, 2.45) is 0 Å². The van der Waals surface area contributed by atoms with Crippen molar-refractivity contribution in [1.29, 1.82) is 0 Å². The molecule has 1 aromatic rings. The number of amides is 1. The molecule has 19 heavy (non-hydrogen) atoms. The minimum absolute atomic E-state index is 0.0121. The fourth-order valence-electron chi connectivity index (χ4n) is 2.25. The molecule has 0 aliphatic carbocycles. The summed E-state index contributed by atoms with van der Waals surface area (Å²) in [6, 6.07) is 5.27. The summed E-state index contributed by atoms with van der Waals surface area (Å²) in [4.78, 5) is 25.1. The topological polar surface area (TPSA) is 46.6 Å². The predicted octanol–water partition coefficient (Wildman–Crippen LogP) is 2.63. The fourth-order valence-corrected chi connectivity index (χ4v) is 2.25. The van der Waals surface area contributed by atoms with Gasteiger partial charge in [-0.05, 0) is 37.6 Å². The van der Waals surface area contributed by atoms with Crippen LogP contribution in [0.15, 0.2) is 24.3 Å². The van der Waals surface area contributed by atoms with Crippen LogP contribution in [-0.2, 0) is 9.53 Å². The third-order valence-corrected chi connectivity index (χ3v) is 3.10. The SMILES string of the molecule is CCOC(=O)c1ccc2c(c1)C=C[C@H](C)N2C(C)=O. The molecular formula is C15H17NO3. The van der Waals surface area contributed by atoms with Crippen LogP contribution in [0.4, 0.5) is 5.69 Å². The van der Waals surface area contributed by atoms with Gasteiger partial charge in [-0.2, -0.15) is 0 Å². The predicted molar refractivity (Wildman–Crippen MR) is 74.1 cm³/mol. The number of carbonyl (C=O) groups excluding carboxylic acids is 2. The van der Waals surface area contributed by atoms with Gasteiger partial charge < -0.3 is 9.64 Å². The lowest BCUT2D eigenvalue weighted by Gasteiger charge is -2.31. The van der Waals surface area contributed by atoms with Crippen molar-refractivity contribution in [1.82, 2.24) is 0 Å². The van der Waals surface area contributed by atoms with Gasteiger partial charge in [0.1, 0.15) is 0 Å². The lowest BCUT2D eigenvalue weighted by atomic mass is 10.0. The highest BCUT2D eigenvalue weighted by Crippen LogP contribution is 2.30. The van der Waals surface area contributed by atoms with Gasteiger partial charge in [0.2, 0.25) is 5.91 Å². The van der Waals surface area contributed by atoms with Gasteiger partial charge in [0.05, 0.1) is 23.9 Å². The Hall–Kier alpha value is -2.10. The van der Waals surface area contributed by atoms with E-state index in [1.54, 1.807) is 36.9 Å². The Kier molecular flexibility index (Phi) is 3.69. The molecule has 0 unspecified atom stereocenters. The molecule has 0 radical (unpaired) electrons. The van der Waals surface area contributed by atoms with E-state index in [0.717, 1.165) is 11.3 Å². The molecule has 4 heteroatoms. The van der Waals surface area contributed by atoms with Crippen molar-refractivity contribution in [3.63, 3.8) is 0 Å². The highest BCUT2D eigenvalue weighted by molar-refractivity contribution is 5.98. The van der Waals surface area contributed by atoms with Gasteiger partial charge in [-0.1, -0.05) is 12.2 Å². The van der Waals surface area contributed by atoms with Crippen LogP contribution in [0.1, 0.15) is 36.7 Å². The normalized spacial score (nSPS) is 17.0. The lowest BCUT2D eigenvalue weighted by molar-refractivity contribution is -0.116. The first kappa shape index (κ1) is 13.3. The summed E-state index contributed by atoms with van der Waals surface area (Å²) < 4.78 is 4.97. The molecule has 100 valence electrons. The molecule has 1 aliphatic rings. The number of fused-ring (bicyclic) bond motifs is 1. The van der Waals surface area contributed by atoms with E-state index in [4.69, 9.17) is 4.74 Å². The second-order valence-electron chi connectivity index (χ2n) is 4.48. The Morgan fingerprint density at radius 1 is 1.37 bits per heavy atom. The van der Waals surface area contributed by atoms with Crippen LogP contribution < -0.4 is 4.90 Å². The Balaban J connectivity index is 2.41. The smallest absolute Gasteiger partial charge is 0.338 e. The molecule has 1 heterocycles. The molecule has 1 aliphatic heterocycles. The highest BCUT2D eigenvalue weighted by Gasteiger charge is 2.23. The number of esters is 1. The Morgan fingerprint density at radius 2 is 2.11 bits per heavy atom. The third-order valence-electron chi connectivity index (χ3n) is 3.10. The quantitative estimate of drug-likeness (QED) is 0.767. The van der Waals surface area contributed by atoms with E-state index < -0.39 is 0 Å². The molecular weight excluding hydrogens is 242 g/mol. The third kappa shape index (κ3) is 2.52. The Morgan fingerprint density at radius 3 is 2.74 bits per heavy atom. The van der Waals surface area contributed by atoms with Crippen LogP contribution in [0.25, 0.3) is 6.08 Å². The average molecular weight is 259 g/mol.